The van der Waals surface area contributed by atoms with Gasteiger partial charge in [-0.15, -0.1) is 0 Å². The number of nitrogens with two attached hydrogens (primary N) is 1. The largest absolute Gasteiger partial charge is 0.335 e. The van der Waals surface area contributed by atoms with Gasteiger partial charge < -0.3 is 10.3 Å². The van der Waals surface area contributed by atoms with Crippen LogP contribution in [0.15, 0.2) is 6.33 Å². The van der Waals surface area contributed by atoms with E-state index in [0.29, 0.717) is 6.04 Å². The Morgan fingerprint density at radius 3 is 2.71 bits per heavy atom. The Morgan fingerprint density at radius 2 is 2.21 bits per heavy atom. The SMILES string of the molecule is CCC(N)CCCn1cnc(C)c1C. The fourth-order valence-electron chi connectivity index (χ4n) is 1.50. The third kappa shape index (κ3) is 2.84. The monoisotopic (exact) mass is 195 g/mol. The zero-order valence-electron chi connectivity index (χ0n) is 9.45. The molecule has 1 aromatic heterocycles. The molecule has 1 aromatic rings. The summed E-state index contributed by atoms with van der Waals surface area (Å²) in [7, 11) is 0. The number of aryl methyl sites for hydroxylation is 2. The summed E-state index contributed by atoms with van der Waals surface area (Å²) in [5, 5.41) is 0. The van der Waals surface area contributed by atoms with Gasteiger partial charge in [0.2, 0.25) is 0 Å². The Hall–Kier alpha value is -0.830. The van der Waals surface area contributed by atoms with Gasteiger partial charge in [0.25, 0.3) is 0 Å². The molecule has 1 unspecified atom stereocenters. The summed E-state index contributed by atoms with van der Waals surface area (Å²) in [6.07, 6.45) is 5.24. The first-order chi connectivity index (χ1) is 6.65. The van der Waals surface area contributed by atoms with E-state index < -0.39 is 0 Å². The van der Waals surface area contributed by atoms with Crippen molar-refractivity contribution in [2.45, 2.75) is 52.6 Å². The number of rotatable bonds is 5. The van der Waals surface area contributed by atoms with E-state index in [2.05, 4.69) is 23.4 Å². The topological polar surface area (TPSA) is 43.8 Å². The lowest BCUT2D eigenvalue weighted by molar-refractivity contribution is 0.521. The van der Waals surface area contributed by atoms with Crippen LogP contribution in [-0.2, 0) is 6.54 Å². The minimum atomic E-state index is 0.361. The lowest BCUT2D eigenvalue weighted by Crippen LogP contribution is -2.18. The van der Waals surface area contributed by atoms with Gasteiger partial charge in [0.15, 0.2) is 0 Å². The molecule has 1 atom stereocenters. The Balaban J connectivity index is 2.35. The lowest BCUT2D eigenvalue weighted by atomic mass is 10.1. The molecule has 0 aliphatic heterocycles. The van der Waals surface area contributed by atoms with Crippen LogP contribution >= 0.6 is 0 Å². The molecule has 0 saturated heterocycles. The molecule has 0 fully saturated rings. The Kier molecular flexibility index (Phi) is 4.14. The van der Waals surface area contributed by atoms with E-state index in [9.17, 15) is 0 Å². The van der Waals surface area contributed by atoms with Crippen LogP contribution in [0.3, 0.4) is 0 Å². The van der Waals surface area contributed by atoms with Crippen molar-refractivity contribution in [1.29, 1.82) is 0 Å². The Morgan fingerprint density at radius 1 is 1.50 bits per heavy atom. The normalized spacial score (nSPS) is 13.1. The first kappa shape index (κ1) is 11.2. The molecule has 14 heavy (non-hydrogen) atoms. The first-order valence-electron chi connectivity index (χ1n) is 5.39. The van der Waals surface area contributed by atoms with Crippen LogP contribution in [0.5, 0.6) is 0 Å². The summed E-state index contributed by atoms with van der Waals surface area (Å²) in [5.74, 6) is 0. The molecule has 3 nitrogen and oxygen atoms in total. The molecule has 0 radical (unpaired) electrons. The van der Waals surface area contributed by atoms with E-state index in [1.807, 2.05) is 13.3 Å². The number of imidazole rings is 1. The van der Waals surface area contributed by atoms with Crippen LogP contribution in [0.25, 0.3) is 0 Å². The van der Waals surface area contributed by atoms with E-state index in [4.69, 9.17) is 5.73 Å². The predicted octanol–water partition coefficient (Wildman–Crippen LogP) is 2.02. The number of hydrogen-bond donors (Lipinski definition) is 1. The number of aromatic nitrogens is 2. The van der Waals surface area contributed by atoms with Gasteiger partial charge in [0.05, 0.1) is 12.0 Å². The molecule has 0 spiro atoms. The summed E-state index contributed by atoms with van der Waals surface area (Å²) in [6, 6.07) is 0.361. The van der Waals surface area contributed by atoms with Crippen LogP contribution in [-0.4, -0.2) is 15.6 Å². The Bertz CT molecular complexity index is 278. The highest BCUT2D eigenvalue weighted by Crippen LogP contribution is 2.07. The molecule has 0 aromatic carbocycles. The maximum Gasteiger partial charge on any atom is 0.0951 e. The first-order valence-corrected chi connectivity index (χ1v) is 5.39. The molecular formula is C11H21N3. The van der Waals surface area contributed by atoms with Crippen LogP contribution < -0.4 is 5.73 Å². The fourth-order valence-corrected chi connectivity index (χ4v) is 1.50. The third-order valence-corrected chi connectivity index (χ3v) is 2.84. The minimum Gasteiger partial charge on any atom is -0.335 e. The second-order valence-corrected chi connectivity index (χ2v) is 3.92. The van der Waals surface area contributed by atoms with E-state index in [-0.39, 0.29) is 0 Å². The number of hydrogen-bond acceptors (Lipinski definition) is 2. The maximum absolute atomic E-state index is 5.86. The summed E-state index contributed by atoms with van der Waals surface area (Å²) in [6.45, 7) is 7.34. The highest BCUT2D eigenvalue weighted by atomic mass is 15.0. The van der Waals surface area contributed by atoms with Crippen LogP contribution in [0.1, 0.15) is 37.6 Å². The van der Waals surface area contributed by atoms with E-state index in [1.54, 1.807) is 0 Å². The van der Waals surface area contributed by atoms with Crippen molar-refractivity contribution in [3.05, 3.63) is 17.7 Å². The van der Waals surface area contributed by atoms with Gasteiger partial charge in [-0.05, 0) is 33.1 Å². The minimum absolute atomic E-state index is 0.361. The smallest absolute Gasteiger partial charge is 0.0951 e. The van der Waals surface area contributed by atoms with Gasteiger partial charge in [0, 0.05) is 18.3 Å². The molecule has 3 heteroatoms. The van der Waals surface area contributed by atoms with Crippen LogP contribution in [0.4, 0.5) is 0 Å². The molecule has 1 rings (SSSR count). The average molecular weight is 195 g/mol. The molecule has 0 aliphatic rings. The second kappa shape index (κ2) is 5.15. The number of nitrogens with zero attached hydrogens (tertiary/aromatic N) is 2. The molecule has 80 valence electrons. The molecule has 0 saturated carbocycles. The summed E-state index contributed by atoms with van der Waals surface area (Å²) in [4.78, 5) is 4.27. The molecule has 2 N–H and O–H groups in total. The van der Waals surface area contributed by atoms with Gasteiger partial charge in [-0.1, -0.05) is 6.92 Å². The van der Waals surface area contributed by atoms with E-state index in [0.717, 1.165) is 31.5 Å². The highest BCUT2D eigenvalue weighted by molar-refractivity contribution is 5.08. The quantitative estimate of drug-likeness (QED) is 0.781. The maximum atomic E-state index is 5.86. The van der Waals surface area contributed by atoms with Gasteiger partial charge in [0.1, 0.15) is 0 Å². The van der Waals surface area contributed by atoms with Crippen LogP contribution in [0.2, 0.25) is 0 Å². The Labute approximate surface area is 86.3 Å². The standard InChI is InChI=1S/C11H21N3/c1-4-11(12)6-5-7-14-8-13-9(2)10(14)3/h8,11H,4-7,12H2,1-3H3. The van der Waals surface area contributed by atoms with Crippen molar-refractivity contribution >= 4 is 0 Å². The predicted molar refractivity (Wildman–Crippen MR) is 59.2 cm³/mol. The zero-order valence-corrected chi connectivity index (χ0v) is 9.45. The third-order valence-electron chi connectivity index (χ3n) is 2.84. The highest BCUT2D eigenvalue weighted by Gasteiger charge is 2.03. The second-order valence-electron chi connectivity index (χ2n) is 3.92. The molecule has 0 amide bonds. The fraction of sp³-hybridized carbons (Fsp3) is 0.727. The van der Waals surface area contributed by atoms with Crippen molar-refractivity contribution < 1.29 is 0 Å². The summed E-state index contributed by atoms with van der Waals surface area (Å²) in [5.41, 5.74) is 8.26. The lowest BCUT2D eigenvalue weighted by Gasteiger charge is -2.09. The molecular weight excluding hydrogens is 174 g/mol. The molecule has 1 heterocycles. The van der Waals surface area contributed by atoms with Crippen LogP contribution in [0, 0.1) is 13.8 Å². The van der Waals surface area contributed by atoms with Crippen molar-refractivity contribution in [3.63, 3.8) is 0 Å². The van der Waals surface area contributed by atoms with Gasteiger partial charge in [-0.3, -0.25) is 0 Å². The van der Waals surface area contributed by atoms with E-state index in [1.165, 1.54) is 5.69 Å². The summed E-state index contributed by atoms with van der Waals surface area (Å²) < 4.78 is 2.21. The van der Waals surface area contributed by atoms with Crippen molar-refractivity contribution in [3.8, 4) is 0 Å². The molecule has 0 aliphatic carbocycles. The van der Waals surface area contributed by atoms with E-state index >= 15 is 0 Å². The van der Waals surface area contributed by atoms with Gasteiger partial charge >= 0.3 is 0 Å². The van der Waals surface area contributed by atoms with Gasteiger partial charge in [-0.2, -0.15) is 0 Å². The zero-order chi connectivity index (χ0) is 10.6. The van der Waals surface area contributed by atoms with Crippen molar-refractivity contribution in [2.75, 3.05) is 0 Å². The van der Waals surface area contributed by atoms with Crippen molar-refractivity contribution in [2.24, 2.45) is 5.73 Å². The van der Waals surface area contributed by atoms with Gasteiger partial charge in [-0.25, -0.2) is 4.98 Å². The van der Waals surface area contributed by atoms with Crippen molar-refractivity contribution in [1.82, 2.24) is 9.55 Å². The average Bonchev–Trinajstić information content (AvgIpc) is 2.49. The molecule has 0 bridgehead atoms. The summed E-state index contributed by atoms with van der Waals surface area (Å²) >= 11 is 0.